The van der Waals surface area contributed by atoms with E-state index in [0.717, 1.165) is 38.5 Å². The fraction of sp³-hybridized carbons (Fsp3) is 0.848. The van der Waals surface area contributed by atoms with Crippen LogP contribution in [0.3, 0.4) is 0 Å². The molecule has 0 aliphatic rings. The zero-order valence-electron chi connectivity index (χ0n) is 27.3. The molecule has 1 aromatic heterocycles. The zero-order chi connectivity index (χ0) is 31.4. The van der Waals surface area contributed by atoms with Crippen molar-refractivity contribution in [2.75, 3.05) is 26.9 Å². The Balaban J connectivity index is 2.50. The van der Waals surface area contributed by atoms with Gasteiger partial charge in [-0.05, 0) is 12.8 Å². The van der Waals surface area contributed by atoms with Crippen LogP contribution in [0.5, 0.6) is 0 Å². The van der Waals surface area contributed by atoms with E-state index in [0.29, 0.717) is 31.6 Å². The number of methoxy groups -OCH3 is 1. The van der Waals surface area contributed by atoms with Crippen molar-refractivity contribution in [2.45, 2.75) is 155 Å². The minimum Gasteiger partial charge on any atom is -0.463 e. The Hall–Kier alpha value is -2.49. The molecule has 0 saturated carbocycles. The van der Waals surface area contributed by atoms with Gasteiger partial charge in [-0.1, -0.05) is 109 Å². The summed E-state index contributed by atoms with van der Waals surface area (Å²) in [4.78, 5) is 36.9. The lowest BCUT2D eigenvalue weighted by Gasteiger charge is -2.18. The van der Waals surface area contributed by atoms with E-state index >= 15 is 0 Å². The molecule has 0 radical (unpaired) electrons. The van der Waals surface area contributed by atoms with Crippen LogP contribution in [0.1, 0.15) is 142 Å². The summed E-state index contributed by atoms with van der Waals surface area (Å²) in [7, 11) is 1.55. The van der Waals surface area contributed by atoms with E-state index in [1.54, 1.807) is 18.0 Å². The molecule has 1 atom stereocenters. The average Bonchev–Trinajstić information content (AvgIpc) is 3.44. The average molecular weight is 610 g/mol. The Morgan fingerprint density at radius 1 is 0.698 bits per heavy atom. The van der Waals surface area contributed by atoms with Gasteiger partial charge in [-0.15, -0.1) is 5.10 Å². The van der Waals surface area contributed by atoms with Gasteiger partial charge < -0.3 is 18.9 Å². The highest BCUT2D eigenvalue weighted by Crippen LogP contribution is 2.13. The van der Waals surface area contributed by atoms with Gasteiger partial charge in [0.1, 0.15) is 13.2 Å². The Labute approximate surface area is 259 Å². The predicted molar refractivity (Wildman–Crippen MR) is 166 cm³/mol. The molecule has 10 nitrogen and oxygen atoms in total. The fourth-order valence-corrected chi connectivity index (χ4v) is 4.73. The Morgan fingerprint density at radius 3 is 1.81 bits per heavy atom. The molecule has 1 heterocycles. The second-order valence-electron chi connectivity index (χ2n) is 11.4. The van der Waals surface area contributed by atoms with Gasteiger partial charge in [-0.2, -0.15) is 0 Å². The molecule has 1 rings (SSSR count). The molecule has 248 valence electrons. The van der Waals surface area contributed by atoms with Crippen molar-refractivity contribution in [3.63, 3.8) is 0 Å². The molecule has 0 bridgehead atoms. The number of unbranched alkanes of at least 4 members (excludes halogenated alkanes) is 14. The summed E-state index contributed by atoms with van der Waals surface area (Å²) in [5, 5.41) is 8.24. The van der Waals surface area contributed by atoms with Crippen LogP contribution >= 0.6 is 0 Å². The van der Waals surface area contributed by atoms with Gasteiger partial charge in [-0.25, -0.2) is 4.68 Å². The summed E-state index contributed by atoms with van der Waals surface area (Å²) in [5.74, 6) is -0.905. The van der Waals surface area contributed by atoms with E-state index in [4.69, 9.17) is 18.9 Å². The lowest BCUT2D eigenvalue weighted by atomic mass is 10.1. The van der Waals surface area contributed by atoms with Crippen LogP contribution in [-0.2, 0) is 46.3 Å². The van der Waals surface area contributed by atoms with Crippen LogP contribution in [0, 0.1) is 0 Å². The maximum absolute atomic E-state index is 12.6. The van der Waals surface area contributed by atoms with Crippen molar-refractivity contribution in [1.29, 1.82) is 0 Å². The smallest absolute Gasteiger partial charge is 0.306 e. The van der Waals surface area contributed by atoms with Gasteiger partial charge in [-0.3, -0.25) is 14.4 Å². The number of carbonyl (C=O) groups excluding carboxylic acids is 3. The number of nitrogens with zero attached hydrogens (tertiary/aromatic N) is 3. The summed E-state index contributed by atoms with van der Waals surface area (Å²) in [5.41, 5.74) is 0.624. The topological polar surface area (TPSA) is 119 Å². The molecule has 0 aromatic carbocycles. The third kappa shape index (κ3) is 22.7. The highest BCUT2D eigenvalue weighted by molar-refractivity contribution is 5.70. The van der Waals surface area contributed by atoms with Gasteiger partial charge in [0, 0.05) is 32.6 Å². The second-order valence-corrected chi connectivity index (χ2v) is 11.4. The number of aryl methyl sites for hydroxylation is 1. The Bertz CT molecular complexity index is 846. The summed E-state index contributed by atoms with van der Waals surface area (Å²) in [6.45, 7) is 5.17. The largest absolute Gasteiger partial charge is 0.463 e. The normalized spacial score (nSPS) is 11.8. The van der Waals surface area contributed by atoms with E-state index in [9.17, 15) is 14.4 Å². The van der Waals surface area contributed by atoms with Crippen LogP contribution in [0.15, 0.2) is 6.20 Å². The van der Waals surface area contributed by atoms with Crippen LogP contribution in [0.2, 0.25) is 0 Å². The number of ether oxygens (including phenoxy) is 4. The quantitative estimate of drug-likeness (QED) is 0.0542. The molecular weight excluding hydrogens is 550 g/mol. The van der Waals surface area contributed by atoms with Crippen LogP contribution < -0.4 is 0 Å². The molecule has 0 aliphatic heterocycles. The third-order valence-corrected chi connectivity index (χ3v) is 7.31. The number of hydrogen-bond donors (Lipinski definition) is 0. The molecule has 10 heteroatoms. The monoisotopic (exact) mass is 609 g/mol. The van der Waals surface area contributed by atoms with Crippen molar-refractivity contribution < 1.29 is 33.3 Å². The first kappa shape index (κ1) is 38.5. The number of esters is 3. The maximum atomic E-state index is 12.6. The molecule has 43 heavy (non-hydrogen) atoms. The number of carbonyl (C=O) groups is 3. The van der Waals surface area contributed by atoms with E-state index in [1.807, 2.05) is 0 Å². The first-order valence-corrected chi connectivity index (χ1v) is 16.9. The van der Waals surface area contributed by atoms with Crippen molar-refractivity contribution in [3.8, 4) is 0 Å². The highest BCUT2D eigenvalue weighted by Gasteiger charge is 2.19. The van der Waals surface area contributed by atoms with Gasteiger partial charge in [0.25, 0.3) is 0 Å². The molecule has 0 fully saturated rings. The van der Waals surface area contributed by atoms with Crippen LogP contribution in [0.25, 0.3) is 0 Å². The van der Waals surface area contributed by atoms with Gasteiger partial charge in [0.2, 0.25) is 0 Å². The molecule has 1 unspecified atom stereocenters. The molecule has 0 amide bonds. The minimum atomic E-state index is -0.669. The predicted octanol–water partition coefficient (Wildman–Crippen LogP) is 6.92. The second kappa shape index (κ2) is 27.1. The first-order chi connectivity index (χ1) is 21.0. The van der Waals surface area contributed by atoms with Crippen molar-refractivity contribution in [3.05, 3.63) is 11.9 Å². The summed E-state index contributed by atoms with van der Waals surface area (Å²) >= 11 is 0. The standard InChI is InChI=1S/C33H59N3O7/c1-4-6-8-10-12-13-15-17-19-21-33(39)43-30(28-42-31(37)20-18-16-14-11-9-7-5-2)27-36-26-29(34-35-36)22-23-32(38)41-25-24-40-3/h26,30H,4-25,27-28H2,1-3H3. The third-order valence-electron chi connectivity index (χ3n) is 7.31. The Morgan fingerprint density at radius 2 is 1.23 bits per heavy atom. The van der Waals surface area contributed by atoms with Crippen molar-refractivity contribution >= 4 is 17.9 Å². The number of rotatable bonds is 29. The number of aromatic nitrogens is 3. The van der Waals surface area contributed by atoms with Gasteiger partial charge in [0.05, 0.1) is 25.3 Å². The summed E-state index contributed by atoms with van der Waals surface area (Å²) in [6, 6.07) is 0. The van der Waals surface area contributed by atoms with Gasteiger partial charge in [0.15, 0.2) is 6.10 Å². The highest BCUT2D eigenvalue weighted by atomic mass is 16.6. The maximum Gasteiger partial charge on any atom is 0.306 e. The van der Waals surface area contributed by atoms with Crippen molar-refractivity contribution in [2.24, 2.45) is 0 Å². The molecular formula is C33H59N3O7. The minimum absolute atomic E-state index is 0.0279. The molecule has 1 aromatic rings. The summed E-state index contributed by atoms with van der Waals surface area (Å²) < 4.78 is 22.8. The molecule has 0 saturated heterocycles. The zero-order valence-corrected chi connectivity index (χ0v) is 27.3. The lowest BCUT2D eigenvalue weighted by Crippen LogP contribution is -2.30. The molecule has 0 spiro atoms. The Kier molecular flexibility index (Phi) is 24.3. The van der Waals surface area contributed by atoms with E-state index < -0.39 is 6.10 Å². The first-order valence-electron chi connectivity index (χ1n) is 16.9. The van der Waals surface area contributed by atoms with E-state index in [2.05, 4.69) is 24.2 Å². The summed E-state index contributed by atoms with van der Waals surface area (Å²) in [6.07, 6.45) is 20.7. The van der Waals surface area contributed by atoms with E-state index in [1.165, 1.54) is 64.2 Å². The molecule has 0 aliphatic carbocycles. The SMILES string of the molecule is CCCCCCCCCCCC(=O)OC(COC(=O)CCCCCCCCC)Cn1cc(CCC(=O)OCCOC)nn1. The molecule has 0 N–H and O–H groups in total. The van der Waals surface area contributed by atoms with Gasteiger partial charge >= 0.3 is 17.9 Å². The number of hydrogen-bond acceptors (Lipinski definition) is 9. The van der Waals surface area contributed by atoms with E-state index in [-0.39, 0.29) is 44.1 Å². The van der Waals surface area contributed by atoms with Crippen molar-refractivity contribution in [1.82, 2.24) is 15.0 Å². The fourth-order valence-electron chi connectivity index (χ4n) is 4.73. The van der Waals surface area contributed by atoms with Crippen LogP contribution in [0.4, 0.5) is 0 Å². The lowest BCUT2D eigenvalue weighted by molar-refractivity contribution is -0.160. The van der Waals surface area contributed by atoms with Crippen LogP contribution in [-0.4, -0.2) is 65.9 Å².